The van der Waals surface area contributed by atoms with Crippen molar-refractivity contribution in [2.24, 2.45) is 5.11 Å². The highest BCUT2D eigenvalue weighted by Gasteiger charge is 2.10. The fourth-order valence-electron chi connectivity index (χ4n) is 2.39. The first-order valence-corrected chi connectivity index (χ1v) is 8.55. The van der Waals surface area contributed by atoms with Crippen LogP contribution in [0.15, 0.2) is 53.7 Å². The number of azide groups is 1. The topological polar surface area (TPSA) is 150 Å². The summed E-state index contributed by atoms with van der Waals surface area (Å²) in [6.45, 7) is 0. The van der Waals surface area contributed by atoms with E-state index in [1.807, 2.05) is 0 Å². The van der Waals surface area contributed by atoms with Crippen LogP contribution in [0.4, 0.5) is 0 Å². The lowest BCUT2D eigenvalue weighted by molar-refractivity contribution is -0.121. The fourth-order valence-corrected chi connectivity index (χ4v) is 2.39. The number of hydrogen-bond donors (Lipinski definition) is 2. The Bertz CT molecular complexity index is 1100. The maximum Gasteiger partial charge on any atom is 0.252 e. The number of amides is 1. The van der Waals surface area contributed by atoms with Gasteiger partial charge in [0.2, 0.25) is 0 Å². The van der Waals surface area contributed by atoms with Gasteiger partial charge in [0.1, 0.15) is 5.75 Å². The van der Waals surface area contributed by atoms with Crippen molar-refractivity contribution in [3.8, 4) is 17.2 Å². The van der Waals surface area contributed by atoms with Gasteiger partial charge >= 0.3 is 0 Å². The average Bonchev–Trinajstić information content (AvgIpc) is 2.72. The molecule has 0 bridgehead atoms. The highest BCUT2D eigenvalue weighted by atomic mass is 16.5. The number of carbonyl (C=O) groups is 3. The molecule has 0 radical (unpaired) electrons. The number of allylic oxidation sites excluding steroid dienone is 2. The molecular formula is C21H17N3O6. The second kappa shape index (κ2) is 10.3. The molecule has 2 aromatic rings. The van der Waals surface area contributed by atoms with Crippen LogP contribution in [0.1, 0.15) is 27.9 Å². The first-order chi connectivity index (χ1) is 14.3. The lowest BCUT2D eigenvalue weighted by atomic mass is 10.1. The second-order valence-corrected chi connectivity index (χ2v) is 5.98. The zero-order valence-corrected chi connectivity index (χ0v) is 15.8. The van der Waals surface area contributed by atoms with Crippen LogP contribution in [0.5, 0.6) is 17.2 Å². The predicted molar refractivity (Wildman–Crippen MR) is 109 cm³/mol. The van der Waals surface area contributed by atoms with Gasteiger partial charge in [-0.15, -0.1) is 0 Å². The van der Waals surface area contributed by atoms with Crippen LogP contribution in [0, 0.1) is 0 Å². The standard InChI is InChI=1S/C21H17N3O6/c1-30-20-11-14(5-9-19(20)28)3-7-16(26)12-15(25)6-2-13-4-8-18(27)17(10-13)21(29)23-24-22/h2-11,27-28H,12H2,1H3/b6-2+,7-3+. The van der Waals surface area contributed by atoms with E-state index < -0.39 is 17.5 Å². The molecule has 2 rings (SSSR count). The van der Waals surface area contributed by atoms with E-state index in [1.54, 1.807) is 12.1 Å². The fraction of sp³-hybridized carbons (Fsp3) is 0.0952. The largest absolute Gasteiger partial charge is 0.507 e. The van der Waals surface area contributed by atoms with E-state index in [2.05, 4.69) is 10.0 Å². The van der Waals surface area contributed by atoms with Crippen LogP contribution in [0.25, 0.3) is 22.6 Å². The molecule has 0 aliphatic rings. The minimum absolute atomic E-state index is 0.0280. The molecule has 2 N–H and O–H groups in total. The van der Waals surface area contributed by atoms with Crippen molar-refractivity contribution < 1.29 is 29.3 Å². The first kappa shape index (κ1) is 21.9. The summed E-state index contributed by atoms with van der Waals surface area (Å²) < 4.78 is 4.98. The van der Waals surface area contributed by atoms with Crippen molar-refractivity contribution >= 4 is 29.6 Å². The van der Waals surface area contributed by atoms with E-state index in [-0.39, 0.29) is 29.2 Å². The number of ether oxygens (including phenoxy) is 1. The SMILES string of the molecule is COc1cc(/C=C/C(=O)CC(=O)/C=C/c2ccc(O)c(C(=O)N=[N+]=[N-])c2)ccc1O. The highest BCUT2D eigenvalue weighted by molar-refractivity contribution is 6.11. The monoisotopic (exact) mass is 407 g/mol. The number of methoxy groups -OCH3 is 1. The van der Waals surface area contributed by atoms with Crippen LogP contribution < -0.4 is 4.74 Å². The minimum atomic E-state index is -0.956. The van der Waals surface area contributed by atoms with Gasteiger partial charge in [-0.3, -0.25) is 14.4 Å². The minimum Gasteiger partial charge on any atom is -0.507 e. The molecule has 9 nitrogen and oxygen atoms in total. The van der Waals surface area contributed by atoms with Gasteiger partial charge < -0.3 is 14.9 Å². The lowest BCUT2D eigenvalue weighted by Crippen LogP contribution is -2.02. The number of hydrogen-bond acceptors (Lipinski definition) is 6. The Balaban J connectivity index is 2.02. The van der Waals surface area contributed by atoms with Crippen molar-refractivity contribution in [1.29, 1.82) is 0 Å². The number of benzene rings is 2. The summed E-state index contributed by atoms with van der Waals surface area (Å²) in [5.74, 6) is -1.98. The molecule has 0 aliphatic carbocycles. The summed E-state index contributed by atoms with van der Waals surface area (Å²) in [6.07, 6.45) is 4.91. The highest BCUT2D eigenvalue weighted by Crippen LogP contribution is 2.26. The molecule has 0 atom stereocenters. The van der Waals surface area contributed by atoms with Gasteiger partial charge in [0.25, 0.3) is 5.91 Å². The molecule has 0 aromatic heterocycles. The Hall–Kier alpha value is -4.36. The Labute approximate surface area is 171 Å². The zero-order chi connectivity index (χ0) is 22.1. The molecule has 0 saturated heterocycles. The van der Waals surface area contributed by atoms with Crippen LogP contribution in [-0.4, -0.2) is 34.8 Å². The zero-order valence-electron chi connectivity index (χ0n) is 15.8. The van der Waals surface area contributed by atoms with E-state index in [0.29, 0.717) is 11.1 Å². The number of rotatable bonds is 8. The number of carbonyl (C=O) groups excluding carboxylic acids is 3. The summed E-state index contributed by atoms with van der Waals surface area (Å²) in [7, 11) is 1.41. The van der Waals surface area contributed by atoms with Crippen LogP contribution >= 0.6 is 0 Å². The van der Waals surface area contributed by atoms with Crippen molar-refractivity contribution in [1.82, 2.24) is 0 Å². The summed E-state index contributed by atoms with van der Waals surface area (Å²) in [5, 5.41) is 22.1. The third kappa shape index (κ3) is 6.08. The van der Waals surface area contributed by atoms with Crippen LogP contribution in [0.2, 0.25) is 0 Å². The van der Waals surface area contributed by atoms with E-state index in [0.717, 1.165) is 0 Å². The van der Waals surface area contributed by atoms with Gasteiger partial charge in [0.05, 0.1) is 19.1 Å². The first-order valence-electron chi connectivity index (χ1n) is 8.55. The maximum atomic E-state index is 12.0. The van der Waals surface area contributed by atoms with Gasteiger partial charge in [-0.05, 0) is 58.2 Å². The Morgan fingerprint density at radius 1 is 1.00 bits per heavy atom. The molecule has 0 saturated carbocycles. The molecule has 1 amide bonds. The summed E-state index contributed by atoms with van der Waals surface area (Å²) in [4.78, 5) is 37.9. The molecule has 0 unspecified atom stereocenters. The molecule has 0 fully saturated rings. The number of aromatic hydroxyl groups is 2. The van der Waals surface area contributed by atoms with Crippen molar-refractivity contribution in [3.63, 3.8) is 0 Å². The van der Waals surface area contributed by atoms with Crippen molar-refractivity contribution in [3.05, 3.63) is 75.7 Å². The number of phenols is 2. The van der Waals surface area contributed by atoms with Crippen LogP contribution in [0.3, 0.4) is 0 Å². The second-order valence-electron chi connectivity index (χ2n) is 5.98. The number of phenolic OH excluding ortho intramolecular Hbond substituents is 2. The molecule has 0 spiro atoms. The normalized spacial score (nSPS) is 10.7. The molecule has 152 valence electrons. The van der Waals surface area contributed by atoms with Crippen molar-refractivity contribution in [2.45, 2.75) is 6.42 Å². The third-order valence-corrected chi connectivity index (χ3v) is 3.86. The average molecular weight is 407 g/mol. The summed E-state index contributed by atoms with van der Waals surface area (Å²) >= 11 is 0. The summed E-state index contributed by atoms with van der Waals surface area (Å²) in [6, 6.07) is 8.49. The predicted octanol–water partition coefficient (Wildman–Crippen LogP) is 3.81. The summed E-state index contributed by atoms with van der Waals surface area (Å²) in [5.41, 5.74) is 9.13. The number of nitrogens with zero attached hydrogens (tertiary/aromatic N) is 3. The van der Waals surface area contributed by atoms with Gasteiger partial charge in [-0.2, -0.15) is 0 Å². The Kier molecular flexibility index (Phi) is 7.50. The maximum absolute atomic E-state index is 12.0. The molecule has 0 heterocycles. The Morgan fingerprint density at radius 3 is 2.13 bits per heavy atom. The van der Waals surface area contributed by atoms with E-state index in [9.17, 15) is 24.6 Å². The quantitative estimate of drug-likeness (QED) is 0.223. The van der Waals surface area contributed by atoms with Crippen LogP contribution in [-0.2, 0) is 9.59 Å². The van der Waals surface area contributed by atoms with Gasteiger partial charge in [0, 0.05) is 4.91 Å². The van der Waals surface area contributed by atoms with Gasteiger partial charge in [-0.1, -0.05) is 24.3 Å². The Morgan fingerprint density at radius 2 is 1.57 bits per heavy atom. The third-order valence-electron chi connectivity index (χ3n) is 3.86. The molecule has 9 heteroatoms. The van der Waals surface area contributed by atoms with E-state index >= 15 is 0 Å². The molecule has 2 aromatic carbocycles. The van der Waals surface area contributed by atoms with E-state index in [4.69, 9.17) is 10.3 Å². The molecular weight excluding hydrogens is 390 g/mol. The van der Waals surface area contributed by atoms with Gasteiger partial charge in [0.15, 0.2) is 23.1 Å². The smallest absolute Gasteiger partial charge is 0.252 e. The van der Waals surface area contributed by atoms with E-state index in [1.165, 1.54) is 55.7 Å². The van der Waals surface area contributed by atoms with Gasteiger partial charge in [-0.25, -0.2) is 0 Å². The lowest BCUT2D eigenvalue weighted by Gasteiger charge is -2.03. The molecule has 30 heavy (non-hydrogen) atoms. The number of ketones is 2. The van der Waals surface area contributed by atoms with Crippen molar-refractivity contribution in [2.75, 3.05) is 7.11 Å². The molecule has 0 aliphatic heterocycles.